The van der Waals surface area contributed by atoms with Crippen molar-refractivity contribution in [2.24, 2.45) is 5.73 Å². The Balaban J connectivity index is 1.91. The van der Waals surface area contributed by atoms with E-state index in [-0.39, 0.29) is 18.2 Å². The minimum Gasteiger partial charge on any atom is -0.444 e. The number of piperidine rings is 1. The molecule has 2 fully saturated rings. The molecule has 2 saturated heterocycles. The molecule has 5 nitrogen and oxygen atoms in total. The van der Waals surface area contributed by atoms with Gasteiger partial charge in [-0.2, -0.15) is 0 Å². The number of ether oxygens (including phenoxy) is 1. The molecular formula is C18H24BrN3O2S. The number of aromatic nitrogens is 1. The number of hydrogen-bond donors (Lipinski definition) is 1. The molecule has 1 aromatic rings. The molecule has 0 saturated carbocycles. The van der Waals surface area contributed by atoms with Crippen LogP contribution in [0.2, 0.25) is 0 Å². The van der Waals surface area contributed by atoms with Crippen LogP contribution < -0.4 is 5.73 Å². The van der Waals surface area contributed by atoms with Crippen molar-refractivity contribution in [2.75, 3.05) is 0 Å². The van der Waals surface area contributed by atoms with E-state index < -0.39 is 11.0 Å². The lowest BCUT2D eigenvalue weighted by atomic mass is 9.70. The average Bonchev–Trinajstić information content (AvgIpc) is 2.76. The van der Waals surface area contributed by atoms with Crippen LogP contribution in [0.25, 0.3) is 0 Å². The molecule has 25 heavy (non-hydrogen) atoms. The van der Waals surface area contributed by atoms with Gasteiger partial charge in [-0.1, -0.05) is 12.2 Å². The third-order valence-electron chi connectivity index (χ3n) is 5.12. The summed E-state index contributed by atoms with van der Waals surface area (Å²) in [4.78, 5) is 19.3. The molecule has 0 aromatic carbocycles. The van der Waals surface area contributed by atoms with Crippen molar-refractivity contribution < 1.29 is 9.53 Å². The summed E-state index contributed by atoms with van der Waals surface area (Å²) in [5.41, 5.74) is 6.32. The summed E-state index contributed by atoms with van der Waals surface area (Å²) in [5, 5.41) is 0. The Morgan fingerprint density at radius 1 is 1.36 bits per heavy atom. The molecule has 0 spiro atoms. The van der Waals surface area contributed by atoms with E-state index in [0.29, 0.717) is 4.99 Å². The molecular weight excluding hydrogens is 402 g/mol. The summed E-state index contributed by atoms with van der Waals surface area (Å²) in [6.07, 6.45) is 6.70. The molecule has 2 bridgehead atoms. The van der Waals surface area contributed by atoms with Crippen molar-refractivity contribution in [3.8, 4) is 0 Å². The van der Waals surface area contributed by atoms with Gasteiger partial charge in [-0.15, -0.1) is 0 Å². The maximum atomic E-state index is 12.7. The van der Waals surface area contributed by atoms with Crippen molar-refractivity contribution in [1.82, 2.24) is 9.88 Å². The number of hydrogen-bond acceptors (Lipinski definition) is 4. The standard InChI is InChI=1S/C18H24BrN3O2S/c1-17(2,3)24-16(23)22-13-4-5-14(22)8-18(7-13,15(20)25)11-6-12(19)10-21-9-11/h6,9-10,13-14H,4-5,7-8H2,1-3H3,(H2,20,25). The molecule has 1 amide bonds. The molecule has 0 aliphatic carbocycles. The first-order valence-electron chi connectivity index (χ1n) is 8.55. The lowest BCUT2D eigenvalue weighted by molar-refractivity contribution is 0.00306. The smallest absolute Gasteiger partial charge is 0.410 e. The lowest BCUT2D eigenvalue weighted by Gasteiger charge is -2.46. The van der Waals surface area contributed by atoms with Crippen LogP contribution in [-0.2, 0) is 10.2 Å². The summed E-state index contributed by atoms with van der Waals surface area (Å²) >= 11 is 8.96. The van der Waals surface area contributed by atoms with Gasteiger partial charge in [0.25, 0.3) is 0 Å². The first-order chi connectivity index (χ1) is 11.6. The number of nitrogens with zero attached hydrogens (tertiary/aromatic N) is 2. The fourth-order valence-corrected chi connectivity index (χ4v) is 4.76. The Morgan fingerprint density at radius 2 is 1.96 bits per heavy atom. The number of fused-ring (bicyclic) bond motifs is 2. The fraction of sp³-hybridized carbons (Fsp3) is 0.611. The number of rotatable bonds is 2. The minimum absolute atomic E-state index is 0.0917. The highest BCUT2D eigenvalue weighted by molar-refractivity contribution is 9.10. The van der Waals surface area contributed by atoms with Crippen molar-refractivity contribution in [3.63, 3.8) is 0 Å². The van der Waals surface area contributed by atoms with Gasteiger partial charge >= 0.3 is 6.09 Å². The third-order valence-corrected chi connectivity index (χ3v) is 5.95. The van der Waals surface area contributed by atoms with Crippen LogP contribution in [0.1, 0.15) is 52.0 Å². The number of pyridine rings is 1. The van der Waals surface area contributed by atoms with Crippen LogP contribution in [0.4, 0.5) is 4.79 Å². The maximum absolute atomic E-state index is 12.7. The predicted molar refractivity (Wildman–Crippen MR) is 105 cm³/mol. The van der Waals surface area contributed by atoms with E-state index in [1.54, 1.807) is 6.20 Å². The molecule has 2 N–H and O–H groups in total. The highest BCUT2D eigenvalue weighted by Gasteiger charge is 2.53. The second kappa shape index (κ2) is 6.50. The number of thiocarbonyl (C=S) groups is 1. The molecule has 0 radical (unpaired) electrons. The monoisotopic (exact) mass is 425 g/mol. The zero-order valence-electron chi connectivity index (χ0n) is 14.8. The highest BCUT2D eigenvalue weighted by atomic mass is 79.9. The first kappa shape index (κ1) is 18.6. The molecule has 2 unspecified atom stereocenters. The summed E-state index contributed by atoms with van der Waals surface area (Å²) in [7, 11) is 0. The van der Waals surface area contributed by atoms with Crippen LogP contribution in [-0.4, -0.2) is 38.7 Å². The van der Waals surface area contributed by atoms with Crippen molar-refractivity contribution in [2.45, 2.75) is 69.6 Å². The zero-order valence-corrected chi connectivity index (χ0v) is 17.2. The molecule has 136 valence electrons. The van der Waals surface area contributed by atoms with Gasteiger partial charge in [-0.25, -0.2) is 4.79 Å². The second-order valence-electron chi connectivity index (χ2n) is 8.02. The number of amides is 1. The summed E-state index contributed by atoms with van der Waals surface area (Å²) in [6, 6.07) is 2.22. The van der Waals surface area contributed by atoms with E-state index in [2.05, 4.69) is 20.9 Å². The number of carbonyl (C=O) groups is 1. The second-order valence-corrected chi connectivity index (χ2v) is 9.37. The molecule has 1 aromatic heterocycles. The SMILES string of the molecule is CC(C)(C)OC(=O)N1C2CCC1CC(C(N)=S)(c1cncc(Br)c1)C2. The zero-order chi connectivity index (χ0) is 18.4. The predicted octanol–water partition coefficient (Wildman–Crippen LogP) is 3.93. The van der Waals surface area contributed by atoms with Crippen LogP contribution in [0, 0.1) is 0 Å². The van der Waals surface area contributed by atoms with Gasteiger partial charge in [0.1, 0.15) is 5.60 Å². The van der Waals surface area contributed by atoms with Gasteiger partial charge in [-0.3, -0.25) is 4.98 Å². The maximum Gasteiger partial charge on any atom is 0.410 e. The van der Waals surface area contributed by atoms with Crippen LogP contribution >= 0.6 is 28.1 Å². The largest absolute Gasteiger partial charge is 0.444 e. The van der Waals surface area contributed by atoms with Crippen molar-refractivity contribution in [1.29, 1.82) is 0 Å². The van der Waals surface area contributed by atoms with E-state index in [1.165, 1.54) is 0 Å². The van der Waals surface area contributed by atoms with E-state index in [1.807, 2.05) is 37.9 Å². The van der Waals surface area contributed by atoms with Crippen LogP contribution in [0.5, 0.6) is 0 Å². The van der Waals surface area contributed by atoms with Crippen LogP contribution in [0.15, 0.2) is 22.9 Å². The number of carbonyl (C=O) groups excluding carboxylic acids is 1. The van der Waals surface area contributed by atoms with E-state index in [9.17, 15) is 4.79 Å². The summed E-state index contributed by atoms with van der Waals surface area (Å²) in [5.74, 6) is 0. The van der Waals surface area contributed by atoms with E-state index in [4.69, 9.17) is 22.7 Å². The molecule has 2 aliphatic heterocycles. The Bertz CT molecular complexity index is 690. The Labute approximate surface area is 162 Å². The molecule has 7 heteroatoms. The highest BCUT2D eigenvalue weighted by Crippen LogP contribution is 2.48. The first-order valence-corrected chi connectivity index (χ1v) is 9.75. The summed E-state index contributed by atoms with van der Waals surface area (Å²) < 4.78 is 6.52. The van der Waals surface area contributed by atoms with Gasteiger partial charge in [-0.05, 0) is 74.0 Å². The Hall–Kier alpha value is -1.21. The van der Waals surface area contributed by atoms with Gasteiger partial charge in [0, 0.05) is 29.0 Å². The molecule has 2 aliphatic rings. The quantitative estimate of drug-likeness (QED) is 0.726. The average molecular weight is 426 g/mol. The fourth-order valence-electron chi connectivity index (χ4n) is 4.12. The Morgan fingerprint density at radius 3 is 2.44 bits per heavy atom. The lowest BCUT2D eigenvalue weighted by Crippen LogP contribution is -2.56. The molecule has 3 heterocycles. The third kappa shape index (κ3) is 3.53. The van der Waals surface area contributed by atoms with Gasteiger partial charge in [0.05, 0.1) is 10.4 Å². The minimum atomic E-state index is -0.498. The normalized spacial score (nSPS) is 28.7. The molecule has 3 rings (SSSR count). The number of halogens is 1. The van der Waals surface area contributed by atoms with Gasteiger partial charge < -0.3 is 15.4 Å². The Kier molecular flexibility index (Phi) is 4.83. The van der Waals surface area contributed by atoms with Crippen molar-refractivity contribution in [3.05, 3.63) is 28.5 Å². The molecule has 2 atom stereocenters. The van der Waals surface area contributed by atoms with E-state index >= 15 is 0 Å². The van der Waals surface area contributed by atoms with Gasteiger partial charge in [0.15, 0.2) is 0 Å². The topological polar surface area (TPSA) is 68.5 Å². The van der Waals surface area contributed by atoms with Crippen molar-refractivity contribution >= 4 is 39.2 Å². The number of nitrogens with two attached hydrogens (primary N) is 1. The summed E-state index contributed by atoms with van der Waals surface area (Å²) in [6.45, 7) is 5.68. The van der Waals surface area contributed by atoms with Gasteiger partial charge in [0.2, 0.25) is 0 Å². The van der Waals surface area contributed by atoms with Crippen LogP contribution in [0.3, 0.4) is 0 Å². The van der Waals surface area contributed by atoms with E-state index in [0.717, 1.165) is 35.7 Å².